The van der Waals surface area contributed by atoms with Crippen LogP contribution in [-0.2, 0) is 13.1 Å². The van der Waals surface area contributed by atoms with Gasteiger partial charge in [-0.25, -0.2) is 4.98 Å². The van der Waals surface area contributed by atoms with Crippen LogP contribution in [0.1, 0.15) is 10.6 Å². The third-order valence-corrected chi connectivity index (χ3v) is 5.54. The summed E-state index contributed by atoms with van der Waals surface area (Å²) in [6.45, 7) is 6.33. The third-order valence-electron chi connectivity index (χ3n) is 4.52. The Morgan fingerprint density at radius 1 is 0.917 bits per heavy atom. The maximum Gasteiger partial charge on any atom is 0.108 e. The highest BCUT2D eigenvalue weighted by Crippen LogP contribution is 2.23. The number of fused-ring (bicyclic) bond motifs is 1. The minimum atomic E-state index is 0.849. The first-order valence-corrected chi connectivity index (χ1v) is 9.21. The number of para-hydroxylation sites is 1. The lowest BCUT2D eigenvalue weighted by atomic mass is 10.2. The van der Waals surface area contributed by atoms with Crippen LogP contribution < -0.4 is 5.73 Å². The lowest BCUT2D eigenvalue weighted by Gasteiger charge is -2.34. The Morgan fingerprint density at radius 2 is 1.67 bits per heavy atom. The first kappa shape index (κ1) is 15.6. The van der Waals surface area contributed by atoms with Gasteiger partial charge in [0.2, 0.25) is 0 Å². The van der Waals surface area contributed by atoms with Crippen molar-refractivity contribution in [2.45, 2.75) is 13.1 Å². The summed E-state index contributed by atoms with van der Waals surface area (Å²) in [4.78, 5) is 9.76. The Morgan fingerprint density at radius 3 is 2.42 bits per heavy atom. The summed E-state index contributed by atoms with van der Waals surface area (Å²) in [6, 6.07) is 16.6. The van der Waals surface area contributed by atoms with Gasteiger partial charge in [-0.1, -0.05) is 24.3 Å². The number of hydrogen-bond donors (Lipinski definition) is 1. The van der Waals surface area contributed by atoms with E-state index in [1.54, 1.807) is 0 Å². The van der Waals surface area contributed by atoms with Gasteiger partial charge < -0.3 is 5.73 Å². The van der Waals surface area contributed by atoms with E-state index < -0.39 is 0 Å². The van der Waals surface area contributed by atoms with Crippen LogP contribution in [-0.4, -0.2) is 41.0 Å². The van der Waals surface area contributed by atoms with Crippen molar-refractivity contribution in [3.8, 4) is 0 Å². The van der Waals surface area contributed by atoms with Crippen LogP contribution in [0.3, 0.4) is 0 Å². The summed E-state index contributed by atoms with van der Waals surface area (Å²) >= 11 is 1.82. The maximum absolute atomic E-state index is 5.87. The molecule has 2 aromatic carbocycles. The van der Waals surface area contributed by atoms with Crippen molar-refractivity contribution < 1.29 is 0 Å². The van der Waals surface area contributed by atoms with Crippen LogP contribution in [0.5, 0.6) is 0 Å². The van der Waals surface area contributed by atoms with E-state index in [9.17, 15) is 0 Å². The van der Waals surface area contributed by atoms with Gasteiger partial charge in [-0.2, -0.15) is 0 Å². The zero-order valence-corrected chi connectivity index (χ0v) is 14.5. The van der Waals surface area contributed by atoms with Gasteiger partial charge in [-0.05, 0) is 29.8 Å². The Bertz CT molecular complexity index is 788. The van der Waals surface area contributed by atoms with Crippen molar-refractivity contribution in [3.05, 3.63) is 59.1 Å². The van der Waals surface area contributed by atoms with Gasteiger partial charge in [0, 0.05) is 38.4 Å². The molecule has 1 saturated heterocycles. The minimum absolute atomic E-state index is 0.849. The molecule has 0 atom stereocenters. The largest absolute Gasteiger partial charge is 0.399 e. The molecule has 5 heteroatoms. The molecule has 0 bridgehead atoms. The number of rotatable bonds is 4. The number of thiazole rings is 1. The Labute approximate surface area is 146 Å². The fourth-order valence-corrected chi connectivity index (χ4v) is 4.24. The fraction of sp³-hybridized carbons (Fsp3) is 0.316. The molecule has 4 rings (SSSR count). The molecule has 0 radical (unpaired) electrons. The molecule has 1 aliphatic heterocycles. The van der Waals surface area contributed by atoms with E-state index in [2.05, 4.69) is 46.2 Å². The smallest absolute Gasteiger partial charge is 0.108 e. The molecule has 0 aliphatic carbocycles. The van der Waals surface area contributed by atoms with E-state index >= 15 is 0 Å². The molecule has 4 nitrogen and oxygen atoms in total. The number of piperazine rings is 1. The molecule has 124 valence electrons. The van der Waals surface area contributed by atoms with Crippen molar-refractivity contribution in [2.75, 3.05) is 31.9 Å². The molecule has 3 aromatic rings. The summed E-state index contributed by atoms with van der Waals surface area (Å²) in [5.41, 5.74) is 9.14. The number of aromatic nitrogens is 1. The molecule has 0 amide bonds. The lowest BCUT2D eigenvalue weighted by Crippen LogP contribution is -2.45. The average molecular weight is 338 g/mol. The van der Waals surface area contributed by atoms with E-state index in [0.717, 1.165) is 50.5 Å². The molecule has 2 N–H and O–H groups in total. The quantitative estimate of drug-likeness (QED) is 0.742. The first-order chi connectivity index (χ1) is 11.8. The summed E-state index contributed by atoms with van der Waals surface area (Å²) in [7, 11) is 0. The van der Waals surface area contributed by atoms with Crippen LogP contribution >= 0.6 is 11.3 Å². The maximum atomic E-state index is 5.87. The SMILES string of the molecule is Nc1cccc(CN2CCN(Cc3nc4ccccc4s3)CC2)c1. The Hall–Kier alpha value is -1.95. The second-order valence-corrected chi connectivity index (χ2v) is 7.49. The zero-order valence-electron chi connectivity index (χ0n) is 13.7. The van der Waals surface area contributed by atoms with Crippen molar-refractivity contribution in [3.63, 3.8) is 0 Å². The number of benzene rings is 2. The summed E-state index contributed by atoms with van der Waals surface area (Å²) < 4.78 is 1.29. The predicted molar refractivity (Wildman–Crippen MR) is 101 cm³/mol. The van der Waals surface area contributed by atoms with Crippen molar-refractivity contribution in [1.82, 2.24) is 14.8 Å². The minimum Gasteiger partial charge on any atom is -0.399 e. The highest BCUT2D eigenvalue weighted by Gasteiger charge is 2.18. The van der Waals surface area contributed by atoms with Gasteiger partial charge in [0.15, 0.2) is 0 Å². The molecule has 2 heterocycles. The van der Waals surface area contributed by atoms with Crippen molar-refractivity contribution in [1.29, 1.82) is 0 Å². The summed E-state index contributed by atoms with van der Waals surface area (Å²) in [6.07, 6.45) is 0. The monoisotopic (exact) mass is 338 g/mol. The molecule has 0 saturated carbocycles. The van der Waals surface area contributed by atoms with Gasteiger partial charge in [0.05, 0.1) is 16.8 Å². The van der Waals surface area contributed by atoms with Crippen molar-refractivity contribution >= 4 is 27.2 Å². The van der Waals surface area contributed by atoms with E-state index in [4.69, 9.17) is 10.7 Å². The van der Waals surface area contributed by atoms with E-state index in [-0.39, 0.29) is 0 Å². The highest BCUT2D eigenvalue weighted by molar-refractivity contribution is 7.18. The number of nitrogens with two attached hydrogens (primary N) is 1. The van der Waals surface area contributed by atoms with E-state index in [0.29, 0.717) is 0 Å². The number of hydrogen-bond acceptors (Lipinski definition) is 5. The predicted octanol–water partition coefficient (Wildman–Crippen LogP) is 3.20. The van der Waals surface area contributed by atoms with E-state index in [1.165, 1.54) is 15.3 Å². The molecule has 0 spiro atoms. The third kappa shape index (κ3) is 3.59. The van der Waals surface area contributed by atoms with E-state index in [1.807, 2.05) is 23.5 Å². The normalized spacial score (nSPS) is 16.7. The fourth-order valence-electron chi connectivity index (χ4n) is 3.23. The Kier molecular flexibility index (Phi) is 4.47. The molecule has 0 unspecified atom stereocenters. The van der Waals surface area contributed by atoms with Crippen molar-refractivity contribution in [2.24, 2.45) is 0 Å². The van der Waals surface area contributed by atoms with Crippen LogP contribution in [0.4, 0.5) is 5.69 Å². The second kappa shape index (κ2) is 6.89. The topological polar surface area (TPSA) is 45.4 Å². The van der Waals surface area contributed by atoms with Gasteiger partial charge >= 0.3 is 0 Å². The van der Waals surface area contributed by atoms with Crippen LogP contribution in [0.25, 0.3) is 10.2 Å². The molecule has 1 aromatic heterocycles. The summed E-state index contributed by atoms with van der Waals surface area (Å²) in [5.74, 6) is 0. The summed E-state index contributed by atoms with van der Waals surface area (Å²) in [5, 5.41) is 1.22. The van der Waals surface area contributed by atoms with Gasteiger partial charge in [-0.3, -0.25) is 9.80 Å². The average Bonchev–Trinajstić information content (AvgIpc) is 2.99. The van der Waals surface area contributed by atoms with Crippen LogP contribution in [0.2, 0.25) is 0 Å². The number of anilines is 1. The highest BCUT2D eigenvalue weighted by atomic mass is 32.1. The molecule has 1 aliphatic rings. The zero-order chi connectivity index (χ0) is 16.4. The lowest BCUT2D eigenvalue weighted by molar-refractivity contribution is 0.122. The number of nitrogens with zero attached hydrogens (tertiary/aromatic N) is 3. The molecule has 1 fully saturated rings. The molecular weight excluding hydrogens is 316 g/mol. The Balaban J connectivity index is 1.32. The molecular formula is C19H22N4S. The van der Waals surface area contributed by atoms with Gasteiger partial charge in [-0.15, -0.1) is 11.3 Å². The first-order valence-electron chi connectivity index (χ1n) is 8.40. The molecule has 24 heavy (non-hydrogen) atoms. The van der Waals surface area contributed by atoms with Gasteiger partial charge in [0.25, 0.3) is 0 Å². The van der Waals surface area contributed by atoms with Gasteiger partial charge in [0.1, 0.15) is 5.01 Å². The van der Waals surface area contributed by atoms with Crippen LogP contribution in [0.15, 0.2) is 48.5 Å². The second-order valence-electron chi connectivity index (χ2n) is 6.37. The number of nitrogen functional groups attached to an aromatic ring is 1. The van der Waals surface area contributed by atoms with Crippen LogP contribution in [0, 0.1) is 0 Å². The standard InChI is InChI=1S/C19H22N4S/c20-16-5-3-4-15(12-16)13-22-8-10-23(11-9-22)14-19-21-17-6-1-2-7-18(17)24-19/h1-7,12H,8-11,13-14,20H2.